The Kier molecular flexibility index (Phi) is 2.77. The maximum absolute atomic E-state index is 9.72. The molecule has 0 saturated heterocycles. The van der Waals surface area contributed by atoms with Crippen molar-refractivity contribution in [2.45, 2.75) is 19.4 Å². The average Bonchev–Trinajstić information content (AvgIpc) is 2.38. The van der Waals surface area contributed by atoms with Gasteiger partial charge in [-0.15, -0.1) is 0 Å². The summed E-state index contributed by atoms with van der Waals surface area (Å²) < 4.78 is 0. The Morgan fingerprint density at radius 2 is 1.39 bits per heavy atom. The molecule has 90 valence electrons. The molecule has 1 atom stereocenters. The molecule has 18 heavy (non-hydrogen) atoms. The zero-order chi connectivity index (χ0) is 12.5. The lowest BCUT2D eigenvalue weighted by Crippen LogP contribution is -2.05. The van der Waals surface area contributed by atoms with Crippen molar-refractivity contribution in [3.8, 4) is 0 Å². The fourth-order valence-corrected chi connectivity index (χ4v) is 2.62. The van der Waals surface area contributed by atoms with E-state index in [9.17, 15) is 5.11 Å². The van der Waals surface area contributed by atoms with Crippen LogP contribution in [0.1, 0.15) is 12.5 Å². The van der Waals surface area contributed by atoms with Crippen molar-refractivity contribution in [3.05, 3.63) is 60.2 Å². The number of benzene rings is 3. The van der Waals surface area contributed by atoms with Gasteiger partial charge in [0.1, 0.15) is 0 Å². The third kappa shape index (κ3) is 1.87. The molecule has 1 nitrogen and oxygen atoms in total. The van der Waals surface area contributed by atoms with E-state index in [1.54, 1.807) is 0 Å². The predicted octanol–water partition coefficient (Wildman–Crippen LogP) is 3.92. The number of hydrogen-bond acceptors (Lipinski definition) is 1. The fourth-order valence-electron chi connectivity index (χ4n) is 2.62. The molecule has 0 aromatic heterocycles. The molecule has 0 saturated carbocycles. The van der Waals surface area contributed by atoms with E-state index in [0.29, 0.717) is 6.42 Å². The fraction of sp³-hybridized carbons (Fsp3) is 0.176. The second kappa shape index (κ2) is 4.43. The van der Waals surface area contributed by atoms with E-state index in [2.05, 4.69) is 54.6 Å². The SMILES string of the molecule is CC(O)Cc1c2ccccc2cc2ccccc12. The Bertz CT molecular complexity index is 644. The summed E-state index contributed by atoms with van der Waals surface area (Å²) in [5.74, 6) is 0. The normalized spacial score (nSPS) is 13.0. The quantitative estimate of drug-likeness (QED) is 0.669. The lowest BCUT2D eigenvalue weighted by Gasteiger charge is -2.12. The Balaban J connectivity index is 2.41. The van der Waals surface area contributed by atoms with Gasteiger partial charge in [-0.25, -0.2) is 0 Å². The lowest BCUT2D eigenvalue weighted by atomic mass is 9.93. The highest BCUT2D eigenvalue weighted by Gasteiger charge is 2.09. The molecule has 0 heterocycles. The Labute approximate surface area is 107 Å². The maximum atomic E-state index is 9.72. The van der Waals surface area contributed by atoms with Gasteiger partial charge in [0, 0.05) is 0 Å². The molecule has 0 aliphatic carbocycles. The molecular weight excluding hydrogens is 220 g/mol. The van der Waals surface area contributed by atoms with Gasteiger partial charge in [0.25, 0.3) is 0 Å². The topological polar surface area (TPSA) is 20.2 Å². The number of fused-ring (bicyclic) bond motifs is 2. The van der Waals surface area contributed by atoms with Crippen LogP contribution in [0.5, 0.6) is 0 Å². The Morgan fingerprint density at radius 1 is 0.889 bits per heavy atom. The molecule has 3 rings (SSSR count). The molecule has 3 aromatic rings. The van der Waals surface area contributed by atoms with E-state index in [1.807, 2.05) is 6.92 Å². The molecule has 0 aliphatic heterocycles. The monoisotopic (exact) mass is 236 g/mol. The second-order valence-corrected chi connectivity index (χ2v) is 4.85. The first-order chi connectivity index (χ1) is 8.75. The van der Waals surface area contributed by atoms with Gasteiger partial charge in [0.2, 0.25) is 0 Å². The standard InChI is InChI=1S/C17H16O/c1-12(18)10-17-15-8-4-2-6-13(15)11-14-7-3-5-9-16(14)17/h2-9,11-12,18H,10H2,1H3. The molecule has 0 aliphatic rings. The highest BCUT2D eigenvalue weighted by atomic mass is 16.3. The average molecular weight is 236 g/mol. The van der Waals surface area contributed by atoms with Gasteiger partial charge in [0.05, 0.1) is 6.10 Å². The molecule has 0 amide bonds. The summed E-state index contributed by atoms with van der Waals surface area (Å²) in [6.07, 6.45) is 0.376. The van der Waals surface area contributed by atoms with Crippen LogP contribution < -0.4 is 0 Å². The van der Waals surface area contributed by atoms with Crippen LogP contribution in [0.4, 0.5) is 0 Å². The lowest BCUT2D eigenvalue weighted by molar-refractivity contribution is 0.196. The molecule has 0 bridgehead atoms. The first-order valence-corrected chi connectivity index (χ1v) is 6.33. The molecule has 1 heteroatoms. The first-order valence-electron chi connectivity index (χ1n) is 6.33. The van der Waals surface area contributed by atoms with E-state index in [1.165, 1.54) is 27.1 Å². The van der Waals surface area contributed by atoms with Gasteiger partial charge in [-0.1, -0.05) is 48.5 Å². The van der Waals surface area contributed by atoms with Crippen molar-refractivity contribution in [1.82, 2.24) is 0 Å². The minimum Gasteiger partial charge on any atom is -0.393 e. The summed E-state index contributed by atoms with van der Waals surface area (Å²) in [7, 11) is 0. The Morgan fingerprint density at radius 3 is 1.89 bits per heavy atom. The van der Waals surface area contributed by atoms with Gasteiger partial charge in [-0.05, 0) is 46.5 Å². The van der Waals surface area contributed by atoms with Crippen molar-refractivity contribution in [2.24, 2.45) is 0 Å². The van der Waals surface area contributed by atoms with Gasteiger partial charge in [-0.2, -0.15) is 0 Å². The number of aliphatic hydroxyl groups excluding tert-OH is 1. The molecule has 0 spiro atoms. The van der Waals surface area contributed by atoms with E-state index < -0.39 is 0 Å². The van der Waals surface area contributed by atoms with Crippen molar-refractivity contribution in [1.29, 1.82) is 0 Å². The van der Waals surface area contributed by atoms with E-state index in [4.69, 9.17) is 0 Å². The number of aliphatic hydroxyl groups is 1. The van der Waals surface area contributed by atoms with Crippen molar-refractivity contribution < 1.29 is 5.11 Å². The summed E-state index contributed by atoms with van der Waals surface area (Å²) in [4.78, 5) is 0. The van der Waals surface area contributed by atoms with Crippen molar-refractivity contribution in [2.75, 3.05) is 0 Å². The highest BCUT2D eigenvalue weighted by Crippen LogP contribution is 2.29. The van der Waals surface area contributed by atoms with Gasteiger partial charge >= 0.3 is 0 Å². The Hall–Kier alpha value is -1.86. The van der Waals surface area contributed by atoms with Crippen LogP contribution in [0.25, 0.3) is 21.5 Å². The third-order valence-electron chi connectivity index (χ3n) is 3.38. The van der Waals surface area contributed by atoms with E-state index in [-0.39, 0.29) is 6.10 Å². The third-order valence-corrected chi connectivity index (χ3v) is 3.38. The molecule has 1 unspecified atom stereocenters. The van der Waals surface area contributed by atoms with Crippen LogP contribution in [-0.4, -0.2) is 11.2 Å². The predicted molar refractivity (Wildman–Crippen MR) is 76.8 cm³/mol. The zero-order valence-corrected chi connectivity index (χ0v) is 10.4. The van der Waals surface area contributed by atoms with E-state index >= 15 is 0 Å². The number of hydrogen-bond donors (Lipinski definition) is 1. The maximum Gasteiger partial charge on any atom is 0.0552 e. The van der Waals surface area contributed by atoms with Crippen molar-refractivity contribution >= 4 is 21.5 Å². The summed E-state index contributed by atoms with van der Waals surface area (Å²) in [5, 5.41) is 14.7. The van der Waals surface area contributed by atoms with Gasteiger partial charge in [0.15, 0.2) is 0 Å². The molecular formula is C17H16O. The molecule has 1 N–H and O–H groups in total. The van der Waals surface area contributed by atoms with Gasteiger partial charge in [-0.3, -0.25) is 0 Å². The van der Waals surface area contributed by atoms with Crippen LogP contribution in [-0.2, 0) is 6.42 Å². The minimum atomic E-state index is -0.320. The van der Waals surface area contributed by atoms with Crippen LogP contribution in [0.15, 0.2) is 54.6 Å². The second-order valence-electron chi connectivity index (χ2n) is 4.85. The summed E-state index contributed by atoms with van der Waals surface area (Å²) in [5.41, 5.74) is 1.25. The zero-order valence-electron chi connectivity index (χ0n) is 10.4. The summed E-state index contributed by atoms with van der Waals surface area (Å²) >= 11 is 0. The van der Waals surface area contributed by atoms with Crippen molar-refractivity contribution in [3.63, 3.8) is 0 Å². The first kappa shape index (κ1) is 11.2. The highest BCUT2D eigenvalue weighted by molar-refractivity contribution is 6.02. The van der Waals surface area contributed by atoms with Crippen LogP contribution >= 0.6 is 0 Å². The summed E-state index contributed by atoms with van der Waals surface area (Å²) in [6.45, 7) is 1.84. The number of rotatable bonds is 2. The molecule has 0 radical (unpaired) electrons. The van der Waals surface area contributed by atoms with Crippen LogP contribution in [0.3, 0.4) is 0 Å². The smallest absolute Gasteiger partial charge is 0.0552 e. The largest absolute Gasteiger partial charge is 0.393 e. The van der Waals surface area contributed by atoms with Crippen LogP contribution in [0, 0.1) is 0 Å². The molecule has 3 aromatic carbocycles. The minimum absolute atomic E-state index is 0.320. The summed E-state index contributed by atoms with van der Waals surface area (Å²) in [6, 6.07) is 19.0. The van der Waals surface area contributed by atoms with Crippen LogP contribution in [0.2, 0.25) is 0 Å². The van der Waals surface area contributed by atoms with Gasteiger partial charge < -0.3 is 5.11 Å². The molecule has 0 fully saturated rings. The van der Waals surface area contributed by atoms with E-state index in [0.717, 1.165) is 0 Å².